The second kappa shape index (κ2) is 8.32. The van der Waals surface area contributed by atoms with Gasteiger partial charge in [0.25, 0.3) is 0 Å². The number of rotatable bonds is 7. The molecule has 0 saturated heterocycles. The fourth-order valence-electron chi connectivity index (χ4n) is 2.49. The van der Waals surface area contributed by atoms with Crippen LogP contribution in [0.5, 0.6) is 0 Å². The van der Waals surface area contributed by atoms with Crippen LogP contribution in [-0.4, -0.2) is 10.2 Å². The summed E-state index contributed by atoms with van der Waals surface area (Å²) in [4.78, 5) is 5.36. The SMILES string of the molecule is C=C(CCc1cc(C(=C)CCC#N)cc2cccnc12)SC(=N)N. The quantitative estimate of drug-likeness (QED) is 0.570. The molecule has 5 heteroatoms. The number of aryl methyl sites for hydroxylation is 1. The Bertz CT molecular complexity index is 833. The van der Waals surface area contributed by atoms with Gasteiger partial charge in [-0.2, -0.15) is 5.26 Å². The predicted molar refractivity (Wildman–Crippen MR) is 103 cm³/mol. The molecule has 0 saturated carbocycles. The molecule has 0 atom stereocenters. The molecule has 0 aliphatic rings. The summed E-state index contributed by atoms with van der Waals surface area (Å²) in [5.74, 6) is 0. The van der Waals surface area contributed by atoms with Crippen molar-refractivity contribution in [3.05, 3.63) is 59.7 Å². The Balaban J connectivity index is 2.29. The van der Waals surface area contributed by atoms with Crippen LogP contribution in [0.3, 0.4) is 0 Å². The van der Waals surface area contributed by atoms with Crippen molar-refractivity contribution in [3.8, 4) is 6.07 Å². The highest BCUT2D eigenvalue weighted by molar-refractivity contribution is 8.16. The Morgan fingerprint density at radius 1 is 1.33 bits per heavy atom. The Morgan fingerprint density at radius 2 is 2.12 bits per heavy atom. The smallest absolute Gasteiger partial charge is 0.155 e. The summed E-state index contributed by atoms with van der Waals surface area (Å²) < 4.78 is 0. The van der Waals surface area contributed by atoms with E-state index in [1.807, 2.05) is 12.1 Å². The first-order valence-corrected chi connectivity index (χ1v) is 8.45. The van der Waals surface area contributed by atoms with E-state index in [2.05, 4.69) is 36.3 Å². The number of allylic oxidation sites excluding steroid dienone is 2. The minimum absolute atomic E-state index is 0.0571. The molecule has 0 unspecified atom stereocenters. The lowest BCUT2D eigenvalue weighted by Crippen LogP contribution is -2.04. The van der Waals surface area contributed by atoms with Crippen LogP contribution in [0.2, 0.25) is 0 Å². The maximum Gasteiger partial charge on any atom is 0.155 e. The average molecular weight is 336 g/mol. The summed E-state index contributed by atoms with van der Waals surface area (Å²) in [7, 11) is 0. The molecule has 122 valence electrons. The minimum atomic E-state index is 0.0571. The summed E-state index contributed by atoms with van der Waals surface area (Å²) in [5.41, 5.74) is 9.49. The number of amidine groups is 1. The second-order valence-electron chi connectivity index (χ2n) is 5.48. The Kier molecular flexibility index (Phi) is 6.16. The first-order valence-electron chi connectivity index (χ1n) is 7.63. The second-order valence-corrected chi connectivity index (χ2v) is 6.70. The lowest BCUT2D eigenvalue weighted by molar-refractivity contribution is 0.995. The monoisotopic (exact) mass is 336 g/mol. The van der Waals surface area contributed by atoms with Gasteiger partial charge in [0.05, 0.1) is 11.6 Å². The van der Waals surface area contributed by atoms with Crippen molar-refractivity contribution in [1.82, 2.24) is 4.98 Å². The van der Waals surface area contributed by atoms with E-state index in [4.69, 9.17) is 16.4 Å². The zero-order valence-electron chi connectivity index (χ0n) is 13.5. The molecule has 1 heterocycles. The Labute approximate surface area is 146 Å². The minimum Gasteiger partial charge on any atom is -0.378 e. The zero-order valence-corrected chi connectivity index (χ0v) is 14.3. The van der Waals surface area contributed by atoms with Crippen LogP contribution in [0.1, 0.15) is 30.4 Å². The molecule has 2 aromatic rings. The number of nitrogens with two attached hydrogens (primary N) is 1. The molecule has 1 aromatic heterocycles. The summed E-state index contributed by atoms with van der Waals surface area (Å²) in [6.45, 7) is 8.06. The van der Waals surface area contributed by atoms with Gasteiger partial charge in [-0.15, -0.1) is 0 Å². The van der Waals surface area contributed by atoms with Crippen LogP contribution in [0, 0.1) is 16.7 Å². The van der Waals surface area contributed by atoms with Gasteiger partial charge in [0.1, 0.15) is 0 Å². The number of hydrogen-bond donors (Lipinski definition) is 2. The molecule has 0 bridgehead atoms. The van der Waals surface area contributed by atoms with Gasteiger partial charge in [0, 0.05) is 18.0 Å². The van der Waals surface area contributed by atoms with E-state index in [9.17, 15) is 0 Å². The molecular weight excluding hydrogens is 316 g/mol. The standard InChI is InChI=1S/C19H20N4S/c1-13(5-3-9-20)17-11-15-6-4-10-23-18(15)16(12-17)8-7-14(2)24-19(21)22/h4,6,10-12H,1-3,5,7-8H2,(H3,21,22). The third-order valence-corrected chi connectivity index (χ3v) is 4.37. The van der Waals surface area contributed by atoms with Crippen molar-refractivity contribution in [2.24, 2.45) is 5.73 Å². The van der Waals surface area contributed by atoms with Crippen molar-refractivity contribution < 1.29 is 0 Å². The molecule has 0 aliphatic heterocycles. The molecule has 0 fully saturated rings. The highest BCUT2D eigenvalue weighted by atomic mass is 32.2. The number of hydrogen-bond acceptors (Lipinski definition) is 4. The van der Waals surface area contributed by atoms with Crippen LogP contribution >= 0.6 is 11.8 Å². The lowest BCUT2D eigenvalue weighted by Gasteiger charge is -2.11. The van der Waals surface area contributed by atoms with Crippen molar-refractivity contribution in [3.63, 3.8) is 0 Å². The van der Waals surface area contributed by atoms with Crippen LogP contribution in [-0.2, 0) is 6.42 Å². The zero-order chi connectivity index (χ0) is 17.5. The Morgan fingerprint density at radius 3 is 2.83 bits per heavy atom. The van der Waals surface area contributed by atoms with Crippen molar-refractivity contribution in [2.75, 3.05) is 0 Å². The fourth-order valence-corrected chi connectivity index (χ4v) is 3.01. The number of fused-ring (bicyclic) bond motifs is 1. The molecule has 3 N–H and O–H groups in total. The van der Waals surface area contributed by atoms with E-state index in [0.29, 0.717) is 12.8 Å². The van der Waals surface area contributed by atoms with Gasteiger partial charge in [-0.05, 0) is 59.1 Å². The van der Waals surface area contributed by atoms with Crippen molar-refractivity contribution >= 4 is 33.4 Å². The Hall–Kier alpha value is -2.58. The summed E-state index contributed by atoms with van der Waals surface area (Å²) >= 11 is 1.19. The van der Waals surface area contributed by atoms with E-state index in [1.54, 1.807) is 6.20 Å². The third-order valence-electron chi connectivity index (χ3n) is 3.66. The molecule has 0 radical (unpaired) electrons. The maximum atomic E-state index is 8.76. The van der Waals surface area contributed by atoms with Gasteiger partial charge in [-0.3, -0.25) is 10.4 Å². The van der Waals surface area contributed by atoms with E-state index >= 15 is 0 Å². The fraction of sp³-hybridized carbons (Fsp3) is 0.211. The molecule has 0 amide bonds. The molecule has 0 spiro atoms. The lowest BCUT2D eigenvalue weighted by atomic mass is 9.96. The molecule has 2 rings (SSSR count). The van der Waals surface area contributed by atoms with E-state index in [0.717, 1.165) is 45.3 Å². The molecular formula is C19H20N4S. The maximum absolute atomic E-state index is 8.76. The molecule has 4 nitrogen and oxygen atoms in total. The number of aromatic nitrogens is 1. The van der Waals surface area contributed by atoms with Gasteiger partial charge >= 0.3 is 0 Å². The summed E-state index contributed by atoms with van der Waals surface area (Å²) in [5, 5.41) is 17.2. The van der Waals surface area contributed by atoms with Gasteiger partial charge in [-0.25, -0.2) is 0 Å². The van der Waals surface area contributed by atoms with Crippen LogP contribution < -0.4 is 5.73 Å². The number of benzene rings is 1. The van der Waals surface area contributed by atoms with Gasteiger partial charge in [0.2, 0.25) is 0 Å². The first-order chi connectivity index (χ1) is 11.5. The third kappa shape index (κ3) is 4.71. The average Bonchev–Trinajstić information content (AvgIpc) is 2.56. The highest BCUT2D eigenvalue weighted by Crippen LogP contribution is 2.28. The number of nitrogens with zero attached hydrogens (tertiary/aromatic N) is 2. The number of thioether (sulfide) groups is 1. The van der Waals surface area contributed by atoms with Crippen LogP contribution in [0.15, 0.2) is 48.5 Å². The topological polar surface area (TPSA) is 86.5 Å². The summed E-state index contributed by atoms with van der Waals surface area (Å²) in [6, 6.07) is 10.3. The number of nitriles is 1. The molecule has 1 aromatic carbocycles. The number of pyridine rings is 1. The number of nitrogens with one attached hydrogen (secondary N) is 1. The van der Waals surface area contributed by atoms with Gasteiger partial charge in [0.15, 0.2) is 5.17 Å². The van der Waals surface area contributed by atoms with Crippen LogP contribution in [0.25, 0.3) is 16.5 Å². The normalized spacial score (nSPS) is 10.3. The van der Waals surface area contributed by atoms with Gasteiger partial charge < -0.3 is 5.73 Å². The largest absolute Gasteiger partial charge is 0.378 e. The van der Waals surface area contributed by atoms with Crippen molar-refractivity contribution in [2.45, 2.75) is 25.7 Å². The van der Waals surface area contributed by atoms with E-state index in [-0.39, 0.29) is 5.17 Å². The van der Waals surface area contributed by atoms with E-state index < -0.39 is 0 Å². The molecule has 24 heavy (non-hydrogen) atoms. The van der Waals surface area contributed by atoms with E-state index in [1.165, 1.54) is 11.8 Å². The van der Waals surface area contributed by atoms with Crippen LogP contribution in [0.4, 0.5) is 0 Å². The first kappa shape index (κ1) is 17.8. The summed E-state index contributed by atoms with van der Waals surface area (Å²) in [6.07, 6.45) is 4.41. The highest BCUT2D eigenvalue weighted by Gasteiger charge is 2.09. The molecule has 0 aliphatic carbocycles. The predicted octanol–water partition coefficient (Wildman–Crippen LogP) is 4.62. The van der Waals surface area contributed by atoms with Gasteiger partial charge in [-0.1, -0.05) is 31.0 Å². The van der Waals surface area contributed by atoms with Crippen molar-refractivity contribution in [1.29, 1.82) is 10.7 Å².